The summed E-state index contributed by atoms with van der Waals surface area (Å²) >= 11 is 0. The molecule has 1 aliphatic heterocycles. The number of hydrogen-bond donors (Lipinski definition) is 2. The molecule has 9 heteroatoms. The van der Waals surface area contributed by atoms with Gasteiger partial charge in [0.2, 0.25) is 5.95 Å². The van der Waals surface area contributed by atoms with Gasteiger partial charge < -0.3 is 15.3 Å². The monoisotopic (exact) mass is 551 g/mol. The molecule has 2 atom stereocenters. The molecule has 0 radical (unpaired) electrons. The number of rotatable bonds is 6. The van der Waals surface area contributed by atoms with E-state index in [2.05, 4.69) is 41.8 Å². The van der Waals surface area contributed by atoms with Crippen molar-refractivity contribution in [1.29, 1.82) is 0 Å². The van der Waals surface area contributed by atoms with E-state index in [1.54, 1.807) is 27.2 Å². The molecule has 9 nitrogen and oxygen atoms in total. The number of aromatic nitrogens is 5. The first-order valence-corrected chi connectivity index (χ1v) is 14.7. The van der Waals surface area contributed by atoms with Crippen molar-refractivity contribution < 1.29 is 5.11 Å². The van der Waals surface area contributed by atoms with E-state index in [0.29, 0.717) is 47.3 Å². The van der Waals surface area contributed by atoms with Crippen LogP contribution < -0.4 is 10.9 Å². The maximum atomic E-state index is 13.5. The molecule has 0 spiro atoms. The van der Waals surface area contributed by atoms with Crippen molar-refractivity contribution in [3.63, 3.8) is 0 Å². The second kappa shape index (κ2) is 9.63. The van der Waals surface area contributed by atoms with Crippen LogP contribution in [0.5, 0.6) is 0 Å². The number of allylic oxidation sites excluding steroid dienone is 1. The van der Waals surface area contributed by atoms with Crippen molar-refractivity contribution in [1.82, 2.24) is 29.2 Å². The van der Waals surface area contributed by atoms with E-state index in [9.17, 15) is 9.90 Å². The average molecular weight is 552 g/mol. The van der Waals surface area contributed by atoms with Crippen LogP contribution in [0.15, 0.2) is 41.8 Å². The van der Waals surface area contributed by atoms with Gasteiger partial charge in [-0.1, -0.05) is 19.1 Å². The van der Waals surface area contributed by atoms with Gasteiger partial charge in [0, 0.05) is 25.0 Å². The van der Waals surface area contributed by atoms with Gasteiger partial charge in [-0.05, 0) is 98.4 Å². The zero-order chi connectivity index (χ0) is 28.5. The van der Waals surface area contributed by atoms with Crippen molar-refractivity contribution in [2.75, 3.05) is 18.9 Å². The van der Waals surface area contributed by atoms with Gasteiger partial charge in [-0.3, -0.25) is 4.79 Å². The van der Waals surface area contributed by atoms with Crippen LogP contribution in [0, 0.1) is 6.92 Å². The summed E-state index contributed by atoms with van der Waals surface area (Å²) in [6.45, 7) is 10.4. The number of anilines is 2. The van der Waals surface area contributed by atoms with Crippen LogP contribution >= 0.6 is 0 Å². The number of nitrogens with one attached hydrogen (secondary N) is 1. The summed E-state index contributed by atoms with van der Waals surface area (Å²) in [6, 6.07) is 6.19. The first kappa shape index (κ1) is 26.1. The summed E-state index contributed by atoms with van der Waals surface area (Å²) in [4.78, 5) is 30.3. The molecule has 2 unspecified atom stereocenters. The first-order chi connectivity index (χ1) is 19.8. The van der Waals surface area contributed by atoms with Gasteiger partial charge in [-0.25, -0.2) is 19.3 Å². The molecule has 0 saturated heterocycles. The fraction of sp³-hybridized carbons (Fsp3) is 0.438. The standard InChI is InChI=1S/C32H37N7O2/c1-5-14-38-30(40)23-16-33-31(34-25-15-21-8-7-9-22-17-37(4)18-24(19(25)3)27(21)22)36-29(23)39(38)26-11-10-20-12-13-32(41,6-2)28(20)35-26/h5,10-11,15-16,22,41H,1,6-9,12-14,17-18H2,2-4H3,(H,33,34,36). The maximum absolute atomic E-state index is 13.5. The van der Waals surface area contributed by atoms with Gasteiger partial charge in [0.05, 0.1) is 12.2 Å². The highest BCUT2D eigenvalue weighted by Gasteiger charge is 2.37. The third-order valence-electron chi connectivity index (χ3n) is 9.45. The number of benzene rings is 1. The minimum Gasteiger partial charge on any atom is -0.384 e. The van der Waals surface area contributed by atoms with Crippen LogP contribution in [-0.4, -0.2) is 47.9 Å². The van der Waals surface area contributed by atoms with Gasteiger partial charge in [-0.15, -0.1) is 6.58 Å². The smallest absolute Gasteiger partial charge is 0.278 e. The predicted molar refractivity (Wildman–Crippen MR) is 160 cm³/mol. The molecule has 7 rings (SSSR count). The van der Waals surface area contributed by atoms with Crippen molar-refractivity contribution >= 4 is 22.7 Å². The number of hydrogen-bond acceptors (Lipinski definition) is 7. The molecule has 0 bridgehead atoms. The molecular formula is C32H37N7O2. The van der Waals surface area contributed by atoms with Gasteiger partial charge in [0.15, 0.2) is 11.5 Å². The number of fused-ring (bicyclic) bond motifs is 2. The summed E-state index contributed by atoms with van der Waals surface area (Å²) < 4.78 is 3.32. The number of aliphatic hydroxyl groups is 1. The fourth-order valence-electron chi connectivity index (χ4n) is 7.28. The summed E-state index contributed by atoms with van der Waals surface area (Å²) in [7, 11) is 2.20. The Bertz CT molecular complexity index is 1770. The SMILES string of the molecule is C=CCn1c(=O)c2cnc(Nc3cc4c5c(c3C)CN(C)CC5CCC4)nc2n1-c1ccc2c(n1)C(O)(CC)CC2. The average Bonchev–Trinajstić information content (AvgIpc) is 3.45. The minimum atomic E-state index is -0.961. The second-order valence-corrected chi connectivity index (χ2v) is 12.0. The molecule has 1 aromatic carbocycles. The minimum absolute atomic E-state index is 0.206. The van der Waals surface area contributed by atoms with E-state index >= 15 is 0 Å². The van der Waals surface area contributed by atoms with E-state index in [0.717, 1.165) is 37.2 Å². The normalized spacial score (nSPS) is 21.6. The molecular weight excluding hydrogens is 514 g/mol. The Kier molecular flexibility index (Phi) is 6.13. The quantitative estimate of drug-likeness (QED) is 0.337. The van der Waals surface area contributed by atoms with Gasteiger partial charge in [0.25, 0.3) is 5.56 Å². The van der Waals surface area contributed by atoms with Crippen molar-refractivity contribution in [3.8, 4) is 5.82 Å². The van der Waals surface area contributed by atoms with E-state index in [4.69, 9.17) is 9.97 Å². The maximum Gasteiger partial charge on any atom is 0.278 e. The summed E-state index contributed by atoms with van der Waals surface area (Å²) in [5.74, 6) is 1.58. The Hall–Kier alpha value is -3.82. The highest BCUT2D eigenvalue weighted by molar-refractivity contribution is 5.77. The number of pyridine rings is 1. The van der Waals surface area contributed by atoms with Crippen LogP contribution in [0.25, 0.3) is 16.9 Å². The second-order valence-electron chi connectivity index (χ2n) is 12.0. The molecule has 2 aliphatic carbocycles. The molecule has 0 fully saturated rings. The molecule has 41 heavy (non-hydrogen) atoms. The lowest BCUT2D eigenvalue weighted by molar-refractivity contribution is 0.0306. The lowest BCUT2D eigenvalue weighted by atomic mass is 9.76. The third kappa shape index (κ3) is 4.05. The van der Waals surface area contributed by atoms with Gasteiger partial charge in [-0.2, -0.15) is 4.98 Å². The van der Waals surface area contributed by atoms with Crippen LogP contribution in [0.3, 0.4) is 0 Å². The van der Waals surface area contributed by atoms with Crippen LogP contribution in [-0.2, 0) is 31.5 Å². The largest absolute Gasteiger partial charge is 0.384 e. The fourth-order valence-corrected chi connectivity index (χ4v) is 7.28. The molecule has 4 aromatic rings. The van der Waals surface area contributed by atoms with Crippen LogP contribution in [0.4, 0.5) is 11.6 Å². The van der Waals surface area contributed by atoms with E-state index in [-0.39, 0.29) is 12.1 Å². The van der Waals surface area contributed by atoms with Crippen molar-refractivity contribution in [2.45, 2.75) is 77.0 Å². The molecule has 3 aromatic heterocycles. The zero-order valence-corrected chi connectivity index (χ0v) is 24.1. The number of likely N-dealkylation sites (N-methyl/N-ethyl adjacent to an activating group) is 1. The van der Waals surface area contributed by atoms with Crippen molar-refractivity contribution in [2.24, 2.45) is 0 Å². The topological polar surface area (TPSA) is 101 Å². The van der Waals surface area contributed by atoms with Crippen LogP contribution in [0.1, 0.15) is 72.0 Å². The Morgan fingerprint density at radius 1 is 1.24 bits per heavy atom. The highest BCUT2D eigenvalue weighted by atomic mass is 16.3. The molecule has 212 valence electrons. The Labute approximate surface area is 239 Å². The molecule has 2 N–H and O–H groups in total. The highest BCUT2D eigenvalue weighted by Crippen LogP contribution is 2.42. The summed E-state index contributed by atoms with van der Waals surface area (Å²) in [6.07, 6.45) is 8.85. The van der Waals surface area contributed by atoms with E-state index < -0.39 is 5.60 Å². The lowest BCUT2D eigenvalue weighted by Crippen LogP contribution is -2.33. The van der Waals surface area contributed by atoms with Crippen molar-refractivity contribution in [3.05, 3.63) is 80.9 Å². The number of aryl methyl sites for hydroxylation is 2. The number of nitrogens with zero attached hydrogens (tertiary/aromatic N) is 6. The lowest BCUT2D eigenvalue weighted by Gasteiger charge is -2.38. The van der Waals surface area contributed by atoms with Gasteiger partial charge >= 0.3 is 0 Å². The molecule has 0 saturated carbocycles. The Balaban J connectivity index is 1.35. The summed E-state index contributed by atoms with van der Waals surface area (Å²) in [5.41, 5.74) is 7.68. The Morgan fingerprint density at radius 3 is 2.90 bits per heavy atom. The van der Waals surface area contributed by atoms with E-state index in [1.165, 1.54) is 29.5 Å². The van der Waals surface area contributed by atoms with E-state index in [1.807, 2.05) is 19.1 Å². The predicted octanol–water partition coefficient (Wildman–Crippen LogP) is 4.62. The Morgan fingerprint density at radius 2 is 2.10 bits per heavy atom. The van der Waals surface area contributed by atoms with Crippen LogP contribution in [0.2, 0.25) is 0 Å². The molecule has 0 amide bonds. The molecule has 3 aliphatic rings. The van der Waals surface area contributed by atoms with Gasteiger partial charge in [0.1, 0.15) is 11.0 Å². The third-order valence-corrected chi connectivity index (χ3v) is 9.45. The zero-order valence-electron chi connectivity index (χ0n) is 24.1. The molecule has 4 heterocycles. The first-order valence-electron chi connectivity index (χ1n) is 14.7. The summed E-state index contributed by atoms with van der Waals surface area (Å²) in [5, 5.41) is 15.1.